The second-order valence-corrected chi connectivity index (χ2v) is 8.01. The molecule has 2 aromatic rings. The highest BCUT2D eigenvalue weighted by molar-refractivity contribution is 8.15. The predicted octanol–water partition coefficient (Wildman–Crippen LogP) is 3.50. The van der Waals surface area contributed by atoms with Gasteiger partial charge in [-0.2, -0.15) is 5.10 Å². The Hall–Kier alpha value is -2.45. The zero-order chi connectivity index (χ0) is 19.9. The maximum absolute atomic E-state index is 14.4. The van der Waals surface area contributed by atoms with Crippen LogP contribution in [0.2, 0.25) is 0 Å². The van der Waals surface area contributed by atoms with Gasteiger partial charge in [0.25, 0.3) is 0 Å². The Morgan fingerprint density at radius 2 is 2.14 bits per heavy atom. The number of rotatable bonds is 3. The lowest BCUT2D eigenvalue weighted by molar-refractivity contribution is -0.133. The molecule has 2 atom stereocenters. The van der Waals surface area contributed by atoms with Gasteiger partial charge < -0.3 is 10.4 Å². The second kappa shape index (κ2) is 7.18. The molecule has 5 nitrogen and oxygen atoms in total. The third-order valence-corrected chi connectivity index (χ3v) is 6.63. The number of thioether (sulfide) groups is 1. The van der Waals surface area contributed by atoms with Gasteiger partial charge in [0.2, 0.25) is 5.91 Å². The third kappa shape index (κ3) is 2.87. The van der Waals surface area contributed by atoms with Crippen molar-refractivity contribution < 1.29 is 18.7 Å². The number of carbonyl (C=O) groups is 1. The van der Waals surface area contributed by atoms with Crippen LogP contribution in [0.5, 0.6) is 0 Å². The number of anilines is 1. The Bertz CT molecular complexity index is 968. The molecule has 2 aromatic carbocycles. The van der Waals surface area contributed by atoms with Gasteiger partial charge in [-0.3, -0.25) is 4.79 Å². The Kier molecular flexibility index (Phi) is 4.84. The van der Waals surface area contributed by atoms with Gasteiger partial charge >= 0.3 is 0 Å². The van der Waals surface area contributed by atoms with Crippen LogP contribution >= 0.6 is 11.8 Å². The summed E-state index contributed by atoms with van der Waals surface area (Å²) in [7, 11) is 0. The van der Waals surface area contributed by atoms with Crippen LogP contribution in [-0.2, 0) is 9.67 Å². The highest BCUT2D eigenvalue weighted by Gasteiger charge is 2.55. The summed E-state index contributed by atoms with van der Waals surface area (Å²) in [5.74, 6) is -1.67. The zero-order valence-corrected chi connectivity index (χ0v) is 16.0. The van der Waals surface area contributed by atoms with E-state index in [4.69, 9.17) is 0 Å². The van der Waals surface area contributed by atoms with Crippen molar-refractivity contribution in [3.05, 3.63) is 65.2 Å². The lowest BCUT2D eigenvalue weighted by Gasteiger charge is -2.45. The van der Waals surface area contributed by atoms with E-state index in [9.17, 15) is 18.7 Å². The molecular formula is C20H19F2N3O2S. The molecule has 0 aliphatic carbocycles. The lowest BCUT2D eigenvalue weighted by atomic mass is 9.84. The molecule has 146 valence electrons. The van der Waals surface area contributed by atoms with Crippen LogP contribution in [0.25, 0.3) is 0 Å². The number of nitrogens with one attached hydrogen (secondary N) is 1. The first kappa shape index (κ1) is 18.9. The number of para-hydroxylation sites is 1. The first-order valence-corrected chi connectivity index (χ1v) is 9.77. The predicted molar refractivity (Wildman–Crippen MR) is 105 cm³/mol. The monoisotopic (exact) mass is 403 g/mol. The van der Waals surface area contributed by atoms with Crippen molar-refractivity contribution in [2.45, 2.75) is 18.2 Å². The highest BCUT2D eigenvalue weighted by atomic mass is 32.2. The Morgan fingerprint density at radius 1 is 1.36 bits per heavy atom. The average Bonchev–Trinajstić information content (AvgIpc) is 3.08. The maximum Gasteiger partial charge on any atom is 0.241 e. The van der Waals surface area contributed by atoms with Crippen LogP contribution in [0.15, 0.2) is 47.6 Å². The largest absolute Gasteiger partial charge is 0.396 e. The van der Waals surface area contributed by atoms with E-state index in [1.54, 1.807) is 0 Å². The zero-order valence-electron chi connectivity index (χ0n) is 15.2. The topological polar surface area (TPSA) is 64.9 Å². The molecule has 4 rings (SSSR count). The number of amides is 1. The number of fused-ring (bicyclic) bond motifs is 2. The van der Waals surface area contributed by atoms with Gasteiger partial charge in [-0.25, -0.2) is 13.8 Å². The van der Waals surface area contributed by atoms with Crippen LogP contribution in [0.1, 0.15) is 24.5 Å². The Morgan fingerprint density at radius 3 is 2.89 bits per heavy atom. The number of carbonyl (C=O) groups excluding carboxylic acids is 1. The van der Waals surface area contributed by atoms with Crippen molar-refractivity contribution in [1.82, 2.24) is 5.01 Å². The van der Waals surface area contributed by atoms with E-state index < -0.39 is 16.5 Å². The number of benzene rings is 2. The number of hydrogen-bond acceptors (Lipinski definition) is 5. The van der Waals surface area contributed by atoms with Crippen molar-refractivity contribution in [2.75, 3.05) is 18.5 Å². The van der Waals surface area contributed by atoms with Crippen molar-refractivity contribution in [3.8, 4) is 0 Å². The summed E-state index contributed by atoms with van der Waals surface area (Å²) < 4.78 is 28.2. The minimum Gasteiger partial charge on any atom is -0.396 e. The molecule has 2 aliphatic rings. The second-order valence-electron chi connectivity index (χ2n) is 6.79. The molecule has 0 radical (unpaired) electrons. The van der Waals surface area contributed by atoms with Crippen LogP contribution in [0.3, 0.4) is 0 Å². The molecule has 0 bridgehead atoms. The summed E-state index contributed by atoms with van der Waals surface area (Å²) >= 11 is 1.23. The summed E-state index contributed by atoms with van der Waals surface area (Å²) in [6.45, 7) is 1.85. The molecule has 0 saturated carbocycles. The average molecular weight is 403 g/mol. The van der Waals surface area contributed by atoms with E-state index in [2.05, 4.69) is 10.4 Å². The van der Waals surface area contributed by atoms with Crippen LogP contribution in [0, 0.1) is 17.6 Å². The van der Waals surface area contributed by atoms with Gasteiger partial charge in [0.15, 0.2) is 0 Å². The van der Waals surface area contributed by atoms with Gasteiger partial charge in [-0.1, -0.05) is 30.0 Å². The van der Waals surface area contributed by atoms with Gasteiger partial charge in [0, 0.05) is 42.8 Å². The van der Waals surface area contributed by atoms with Gasteiger partial charge in [-0.05, 0) is 30.7 Å². The van der Waals surface area contributed by atoms with E-state index in [1.165, 1.54) is 23.7 Å². The Balaban J connectivity index is 1.89. The minimum absolute atomic E-state index is 0.0203. The SMILES string of the molecule is CC(=O)N1N=C(c2cc(F)ccc2F)SC12c1ccccc1NCC2CCO. The standard InChI is InChI=1S/C20H19F2N3O2S/c1-12(27)25-20(28-19(24-25)15-10-14(21)6-7-17(15)22)13(8-9-26)11-23-18-5-3-2-4-16(18)20/h2-7,10,13,23,26H,8-9,11H2,1H3. The first-order chi connectivity index (χ1) is 13.5. The number of nitrogens with zero attached hydrogens (tertiary/aromatic N) is 2. The normalized spacial score (nSPS) is 23.4. The number of aliphatic hydroxyl groups is 1. The summed E-state index contributed by atoms with van der Waals surface area (Å²) in [6.07, 6.45) is 0.423. The van der Waals surface area contributed by atoms with Crippen LogP contribution in [-0.4, -0.2) is 34.2 Å². The van der Waals surface area contributed by atoms with E-state index in [1.807, 2.05) is 24.3 Å². The molecule has 2 unspecified atom stereocenters. The summed E-state index contributed by atoms with van der Waals surface area (Å²) in [5.41, 5.74) is 1.70. The van der Waals surface area contributed by atoms with E-state index in [0.29, 0.717) is 13.0 Å². The molecule has 1 amide bonds. The van der Waals surface area contributed by atoms with Crippen molar-refractivity contribution in [2.24, 2.45) is 11.0 Å². The summed E-state index contributed by atoms with van der Waals surface area (Å²) in [4.78, 5) is 11.6. The number of hydrogen-bond donors (Lipinski definition) is 2. The first-order valence-electron chi connectivity index (χ1n) is 8.95. The van der Waals surface area contributed by atoms with Crippen molar-refractivity contribution >= 4 is 28.4 Å². The molecule has 2 N–H and O–H groups in total. The summed E-state index contributed by atoms with van der Waals surface area (Å²) in [5, 5.41) is 19.0. The molecule has 28 heavy (non-hydrogen) atoms. The number of hydrazone groups is 1. The molecule has 0 aromatic heterocycles. The highest BCUT2D eigenvalue weighted by Crippen LogP contribution is 2.56. The minimum atomic E-state index is -0.940. The molecule has 0 fully saturated rings. The molecule has 8 heteroatoms. The smallest absolute Gasteiger partial charge is 0.241 e. The number of aliphatic hydroxyl groups excluding tert-OH is 1. The number of halogens is 2. The molecule has 0 saturated heterocycles. The van der Waals surface area contributed by atoms with E-state index in [-0.39, 0.29) is 29.0 Å². The van der Waals surface area contributed by atoms with Crippen molar-refractivity contribution in [1.29, 1.82) is 0 Å². The summed E-state index contributed by atoms with van der Waals surface area (Å²) in [6, 6.07) is 10.7. The molecule has 1 spiro atoms. The fraction of sp³-hybridized carbons (Fsp3) is 0.300. The third-order valence-electron chi connectivity index (χ3n) is 5.10. The van der Waals surface area contributed by atoms with Crippen LogP contribution in [0.4, 0.5) is 14.5 Å². The fourth-order valence-corrected chi connectivity index (χ4v) is 5.47. The van der Waals surface area contributed by atoms with Gasteiger partial charge in [-0.15, -0.1) is 0 Å². The van der Waals surface area contributed by atoms with Gasteiger partial charge in [0.1, 0.15) is 21.5 Å². The molecular weight excluding hydrogens is 384 g/mol. The Labute approximate surface area is 165 Å². The fourth-order valence-electron chi connectivity index (χ4n) is 3.87. The molecule has 2 heterocycles. The quantitative estimate of drug-likeness (QED) is 0.823. The molecule has 2 aliphatic heterocycles. The van der Waals surface area contributed by atoms with Crippen LogP contribution < -0.4 is 5.32 Å². The van der Waals surface area contributed by atoms with Gasteiger partial charge in [0.05, 0.1) is 0 Å². The van der Waals surface area contributed by atoms with E-state index >= 15 is 0 Å². The lowest BCUT2D eigenvalue weighted by Crippen LogP contribution is -2.51. The van der Waals surface area contributed by atoms with Crippen molar-refractivity contribution in [3.63, 3.8) is 0 Å². The maximum atomic E-state index is 14.4. The van der Waals surface area contributed by atoms with E-state index in [0.717, 1.165) is 29.4 Å².